The third kappa shape index (κ3) is 2.30. The molecule has 0 aliphatic carbocycles. The first-order valence-electron chi connectivity index (χ1n) is 2.64. The largest absolute Gasteiger partial charge is 0.368 e. The molecule has 0 unspecified atom stereocenters. The van der Waals surface area contributed by atoms with E-state index in [0.717, 1.165) is 0 Å². The minimum absolute atomic E-state index is 0.242. The van der Waals surface area contributed by atoms with Gasteiger partial charge in [-0.05, 0) is 11.6 Å². The van der Waals surface area contributed by atoms with Gasteiger partial charge in [-0.15, -0.1) is 0 Å². The molecule has 12 heavy (non-hydrogen) atoms. The van der Waals surface area contributed by atoms with Crippen molar-refractivity contribution in [1.29, 1.82) is 0 Å². The van der Waals surface area contributed by atoms with Gasteiger partial charge in [-0.2, -0.15) is 19.3 Å². The summed E-state index contributed by atoms with van der Waals surface area (Å²) >= 11 is 15.4. The van der Waals surface area contributed by atoms with Crippen molar-refractivity contribution < 1.29 is 4.39 Å². The maximum atomic E-state index is 12.7. The number of anilines is 1. The second kappa shape index (κ2) is 3.16. The standard InChI is InChI=1S/C4H2Cl3FN4/c5-2-10-1(4(6,7)8)11-3(9)12-2/h(H2,9,10,11,12). The van der Waals surface area contributed by atoms with Gasteiger partial charge in [0.15, 0.2) is 0 Å². The SMILES string of the molecule is Nc1nc(Cl)nc(C(F)(Cl)Cl)n1. The van der Waals surface area contributed by atoms with Crippen LogP contribution < -0.4 is 5.73 Å². The van der Waals surface area contributed by atoms with E-state index in [1.807, 2.05) is 0 Å². The van der Waals surface area contributed by atoms with Gasteiger partial charge >= 0.3 is 4.59 Å². The number of nitrogens with zero attached hydrogens (tertiary/aromatic N) is 3. The number of hydrogen-bond acceptors (Lipinski definition) is 4. The third-order valence-corrected chi connectivity index (χ3v) is 1.39. The van der Waals surface area contributed by atoms with Crippen molar-refractivity contribution >= 4 is 40.8 Å². The Morgan fingerprint density at radius 2 is 1.83 bits per heavy atom. The molecule has 1 rings (SSSR count). The zero-order chi connectivity index (χ0) is 9.35. The van der Waals surface area contributed by atoms with Gasteiger partial charge in [-0.25, -0.2) is 0 Å². The van der Waals surface area contributed by atoms with Crippen LogP contribution in [0.25, 0.3) is 0 Å². The van der Waals surface area contributed by atoms with E-state index in [-0.39, 0.29) is 11.2 Å². The number of hydrogen-bond donors (Lipinski definition) is 1. The normalized spacial score (nSPS) is 11.7. The molecule has 1 aromatic rings. The van der Waals surface area contributed by atoms with Gasteiger partial charge in [-0.3, -0.25) is 0 Å². The first-order chi connectivity index (χ1) is 5.39. The van der Waals surface area contributed by atoms with Crippen LogP contribution in [0.1, 0.15) is 5.82 Å². The maximum Gasteiger partial charge on any atom is 0.317 e. The molecule has 0 aliphatic heterocycles. The van der Waals surface area contributed by atoms with Crippen LogP contribution >= 0.6 is 34.8 Å². The summed E-state index contributed by atoms with van der Waals surface area (Å²) in [7, 11) is 0. The van der Waals surface area contributed by atoms with Crippen molar-refractivity contribution in [2.45, 2.75) is 4.59 Å². The number of rotatable bonds is 1. The summed E-state index contributed by atoms with van der Waals surface area (Å²) in [6.07, 6.45) is 0. The average molecular weight is 231 g/mol. The maximum absolute atomic E-state index is 12.7. The Morgan fingerprint density at radius 1 is 1.25 bits per heavy atom. The van der Waals surface area contributed by atoms with E-state index in [2.05, 4.69) is 15.0 Å². The molecule has 0 aromatic carbocycles. The smallest absolute Gasteiger partial charge is 0.317 e. The molecular weight excluding hydrogens is 229 g/mol. The van der Waals surface area contributed by atoms with Crippen LogP contribution in [0.4, 0.5) is 10.3 Å². The molecule has 0 amide bonds. The minimum atomic E-state index is -2.71. The van der Waals surface area contributed by atoms with E-state index in [0.29, 0.717) is 0 Å². The Morgan fingerprint density at radius 3 is 2.25 bits per heavy atom. The topological polar surface area (TPSA) is 64.7 Å². The molecule has 8 heteroatoms. The second-order valence-electron chi connectivity index (χ2n) is 1.78. The monoisotopic (exact) mass is 230 g/mol. The molecule has 4 nitrogen and oxygen atoms in total. The summed E-state index contributed by atoms with van der Waals surface area (Å²) in [6, 6.07) is 0. The van der Waals surface area contributed by atoms with Crippen LogP contribution in [0.3, 0.4) is 0 Å². The second-order valence-corrected chi connectivity index (χ2v) is 3.36. The van der Waals surface area contributed by atoms with E-state index in [1.54, 1.807) is 0 Å². The predicted molar refractivity (Wildman–Crippen MR) is 43.7 cm³/mol. The molecule has 0 spiro atoms. The van der Waals surface area contributed by atoms with Gasteiger partial charge < -0.3 is 5.73 Å². The van der Waals surface area contributed by atoms with Gasteiger partial charge in [0.25, 0.3) is 0 Å². The number of nitrogens with two attached hydrogens (primary N) is 1. The fourth-order valence-electron chi connectivity index (χ4n) is 0.492. The van der Waals surface area contributed by atoms with Crippen LogP contribution in [0, 0.1) is 0 Å². The van der Waals surface area contributed by atoms with Crippen molar-refractivity contribution in [2.75, 3.05) is 5.73 Å². The summed E-state index contributed by atoms with van der Waals surface area (Å²) < 4.78 is 10.0. The fraction of sp³-hybridized carbons (Fsp3) is 0.250. The van der Waals surface area contributed by atoms with Crippen molar-refractivity contribution in [1.82, 2.24) is 15.0 Å². The lowest BCUT2D eigenvalue weighted by Gasteiger charge is -2.06. The molecule has 1 aromatic heterocycles. The predicted octanol–water partition coefficient (Wildman–Crippen LogP) is 1.66. The highest BCUT2D eigenvalue weighted by Crippen LogP contribution is 2.32. The lowest BCUT2D eigenvalue weighted by Crippen LogP contribution is -2.11. The fourth-order valence-corrected chi connectivity index (χ4v) is 0.828. The van der Waals surface area contributed by atoms with Crippen molar-refractivity contribution in [2.24, 2.45) is 0 Å². The quantitative estimate of drug-likeness (QED) is 0.747. The van der Waals surface area contributed by atoms with Gasteiger partial charge in [0.2, 0.25) is 17.1 Å². The molecule has 2 N–H and O–H groups in total. The van der Waals surface area contributed by atoms with Crippen LogP contribution in [0.15, 0.2) is 0 Å². The van der Waals surface area contributed by atoms with E-state index in [1.165, 1.54) is 0 Å². The van der Waals surface area contributed by atoms with E-state index >= 15 is 0 Å². The van der Waals surface area contributed by atoms with Crippen LogP contribution in [0.2, 0.25) is 5.28 Å². The van der Waals surface area contributed by atoms with Crippen molar-refractivity contribution in [3.8, 4) is 0 Å². The molecule has 0 radical (unpaired) electrons. The zero-order valence-electron chi connectivity index (χ0n) is 5.43. The third-order valence-electron chi connectivity index (χ3n) is 0.879. The Hall–Kier alpha value is -0.390. The lowest BCUT2D eigenvalue weighted by molar-refractivity contribution is 0.385. The summed E-state index contributed by atoms with van der Waals surface area (Å²) in [6.45, 7) is 0. The first kappa shape index (κ1) is 9.70. The number of nitrogen functional groups attached to an aromatic ring is 1. The van der Waals surface area contributed by atoms with Gasteiger partial charge in [0, 0.05) is 0 Å². The lowest BCUT2D eigenvalue weighted by atomic mass is 10.6. The Kier molecular flexibility index (Phi) is 2.55. The molecule has 0 aliphatic rings. The minimum Gasteiger partial charge on any atom is -0.368 e. The Balaban J connectivity index is 3.18. The van der Waals surface area contributed by atoms with E-state index in [4.69, 9.17) is 40.5 Å². The van der Waals surface area contributed by atoms with Crippen LogP contribution in [0.5, 0.6) is 0 Å². The number of aromatic nitrogens is 3. The first-order valence-corrected chi connectivity index (χ1v) is 3.77. The summed E-state index contributed by atoms with van der Waals surface area (Å²) in [5.41, 5.74) is 5.13. The number of halogens is 4. The highest BCUT2D eigenvalue weighted by Gasteiger charge is 2.30. The molecule has 0 bridgehead atoms. The van der Waals surface area contributed by atoms with Crippen molar-refractivity contribution in [3.05, 3.63) is 11.1 Å². The molecule has 0 atom stereocenters. The number of alkyl halides is 3. The van der Waals surface area contributed by atoms with Gasteiger partial charge in [-0.1, -0.05) is 23.2 Å². The van der Waals surface area contributed by atoms with Crippen LogP contribution in [-0.4, -0.2) is 15.0 Å². The molecular formula is C4H2Cl3FN4. The highest BCUT2D eigenvalue weighted by atomic mass is 35.5. The molecule has 0 saturated heterocycles. The zero-order valence-corrected chi connectivity index (χ0v) is 7.70. The van der Waals surface area contributed by atoms with Gasteiger partial charge in [0.05, 0.1) is 0 Å². The molecule has 0 fully saturated rings. The Labute approximate surface area is 81.9 Å². The molecule has 1 heterocycles. The Bertz CT molecular complexity index is 279. The molecule has 0 saturated carbocycles. The summed E-state index contributed by atoms with van der Waals surface area (Å²) in [5, 5.41) is -0.263. The van der Waals surface area contributed by atoms with Crippen LogP contribution in [-0.2, 0) is 4.59 Å². The van der Waals surface area contributed by atoms with E-state index < -0.39 is 10.4 Å². The average Bonchev–Trinajstić information content (AvgIpc) is 1.82. The highest BCUT2D eigenvalue weighted by molar-refractivity contribution is 6.46. The summed E-state index contributed by atoms with van der Waals surface area (Å²) in [5.74, 6) is -0.767. The van der Waals surface area contributed by atoms with E-state index in [9.17, 15) is 4.39 Å². The van der Waals surface area contributed by atoms with Crippen molar-refractivity contribution in [3.63, 3.8) is 0 Å². The van der Waals surface area contributed by atoms with Gasteiger partial charge in [0.1, 0.15) is 0 Å². The molecule has 66 valence electrons. The summed E-state index contributed by atoms with van der Waals surface area (Å²) in [4.78, 5) is 10.1.